The van der Waals surface area contributed by atoms with Gasteiger partial charge in [0.05, 0.1) is 0 Å². The number of hydrogen-bond acceptors (Lipinski definition) is 4. The molecule has 0 spiro atoms. The molecule has 0 aromatic heterocycles. The number of rotatable bonds is 9. The van der Waals surface area contributed by atoms with Gasteiger partial charge in [0, 0.05) is 37.2 Å². The Kier molecular flexibility index (Phi) is 8.65. The summed E-state index contributed by atoms with van der Waals surface area (Å²) in [6.45, 7) is 7.34. The van der Waals surface area contributed by atoms with Crippen LogP contribution in [0.15, 0.2) is 59.9 Å². The average Bonchev–Trinajstić information content (AvgIpc) is 3.04. The highest BCUT2D eigenvalue weighted by molar-refractivity contribution is 6.05. The Balaban J connectivity index is 1.48. The molecule has 1 aromatic rings. The maximum absolute atomic E-state index is 12.7. The van der Waals surface area contributed by atoms with Crippen LogP contribution in [-0.2, 0) is 20.7 Å². The number of amides is 1. The molecule has 1 aliphatic carbocycles. The number of ether oxygens (including phenoxy) is 1. The number of Topliss-reactive ketones (excluding diaryl/α,β-unsaturated/α-hetero) is 1. The number of likely N-dealkylation sites (tertiary alicyclic amines) is 1. The normalized spacial score (nSPS) is 17.5. The van der Waals surface area contributed by atoms with Gasteiger partial charge in [0.1, 0.15) is 17.6 Å². The molecule has 0 unspecified atom stereocenters. The van der Waals surface area contributed by atoms with Crippen LogP contribution in [-0.4, -0.2) is 42.3 Å². The largest absolute Gasteiger partial charge is 0.491 e. The molecule has 5 heteroatoms. The van der Waals surface area contributed by atoms with Crippen molar-refractivity contribution < 1.29 is 14.3 Å². The predicted molar refractivity (Wildman–Crippen MR) is 125 cm³/mol. The minimum absolute atomic E-state index is 0.129. The Hall–Kier alpha value is -2.66. The smallest absolute Gasteiger partial charge is 0.255 e. The first kappa shape index (κ1) is 23.0. The van der Waals surface area contributed by atoms with E-state index in [0.29, 0.717) is 24.8 Å². The second kappa shape index (κ2) is 11.7. The van der Waals surface area contributed by atoms with Crippen LogP contribution in [0.5, 0.6) is 0 Å². The molecule has 5 nitrogen and oxygen atoms in total. The Labute approximate surface area is 185 Å². The number of carbonyl (C=O) groups excluding carboxylic acids is 2. The molecule has 0 atom stereocenters. The summed E-state index contributed by atoms with van der Waals surface area (Å²) in [4.78, 5) is 26.6. The summed E-state index contributed by atoms with van der Waals surface area (Å²) in [6, 6.07) is 7.71. The molecular formula is C26H34N2O3. The summed E-state index contributed by atoms with van der Waals surface area (Å²) in [5.41, 5.74) is 2.48. The van der Waals surface area contributed by atoms with Gasteiger partial charge in [-0.05, 0) is 68.2 Å². The molecule has 1 heterocycles. The third-order valence-corrected chi connectivity index (χ3v) is 5.93. The highest BCUT2D eigenvalue weighted by Gasteiger charge is 2.20. The minimum atomic E-state index is -0.129. The van der Waals surface area contributed by atoms with Gasteiger partial charge >= 0.3 is 0 Å². The maximum atomic E-state index is 12.7. The van der Waals surface area contributed by atoms with E-state index in [1.165, 1.54) is 0 Å². The van der Waals surface area contributed by atoms with Gasteiger partial charge in [-0.25, -0.2) is 0 Å². The van der Waals surface area contributed by atoms with Gasteiger partial charge in [-0.15, -0.1) is 0 Å². The number of benzene rings is 1. The van der Waals surface area contributed by atoms with Crippen molar-refractivity contribution in [2.24, 2.45) is 0 Å². The second-order valence-corrected chi connectivity index (χ2v) is 8.13. The molecule has 1 aromatic carbocycles. The van der Waals surface area contributed by atoms with Crippen molar-refractivity contribution in [2.45, 2.75) is 58.5 Å². The van der Waals surface area contributed by atoms with Crippen LogP contribution in [0, 0.1) is 0 Å². The highest BCUT2D eigenvalue weighted by Crippen LogP contribution is 2.20. The van der Waals surface area contributed by atoms with Crippen LogP contribution in [0.2, 0.25) is 0 Å². The number of piperidine rings is 1. The molecule has 1 amide bonds. The van der Waals surface area contributed by atoms with E-state index in [-0.39, 0.29) is 17.8 Å². The Morgan fingerprint density at radius 3 is 2.48 bits per heavy atom. The van der Waals surface area contributed by atoms with Crippen molar-refractivity contribution in [2.75, 3.05) is 25.0 Å². The molecule has 166 valence electrons. The molecule has 3 rings (SSSR count). The molecule has 1 aliphatic heterocycles. The topological polar surface area (TPSA) is 58.6 Å². The molecule has 1 fully saturated rings. The van der Waals surface area contributed by atoms with E-state index in [9.17, 15) is 9.59 Å². The van der Waals surface area contributed by atoms with Gasteiger partial charge in [-0.2, -0.15) is 0 Å². The monoisotopic (exact) mass is 422 g/mol. The fraction of sp³-hybridized carbons (Fsp3) is 0.462. The number of nitrogens with one attached hydrogen (secondary N) is 1. The van der Waals surface area contributed by atoms with E-state index >= 15 is 0 Å². The third-order valence-electron chi connectivity index (χ3n) is 5.93. The first-order valence-corrected chi connectivity index (χ1v) is 11.5. The zero-order valence-corrected chi connectivity index (χ0v) is 18.7. The summed E-state index contributed by atoms with van der Waals surface area (Å²) >= 11 is 0. The predicted octanol–water partition coefficient (Wildman–Crippen LogP) is 4.81. The first-order valence-electron chi connectivity index (χ1n) is 11.5. The highest BCUT2D eigenvalue weighted by atomic mass is 16.5. The number of anilines is 1. The number of allylic oxidation sites excluding steroid dienone is 3. The zero-order valence-electron chi connectivity index (χ0n) is 18.7. The van der Waals surface area contributed by atoms with E-state index in [2.05, 4.69) is 17.1 Å². The van der Waals surface area contributed by atoms with Crippen LogP contribution in [0.4, 0.5) is 5.69 Å². The van der Waals surface area contributed by atoms with Gasteiger partial charge in [0.15, 0.2) is 0 Å². The number of carbonyl (C=O) groups is 2. The molecule has 0 bridgehead atoms. The lowest BCUT2D eigenvalue weighted by atomic mass is 10.1. The van der Waals surface area contributed by atoms with Crippen molar-refractivity contribution in [3.63, 3.8) is 0 Å². The van der Waals surface area contributed by atoms with E-state index in [1.807, 2.05) is 55.5 Å². The van der Waals surface area contributed by atoms with Crippen LogP contribution >= 0.6 is 0 Å². The summed E-state index contributed by atoms with van der Waals surface area (Å²) in [5.74, 6) is 0.990. The Morgan fingerprint density at radius 2 is 1.81 bits per heavy atom. The molecule has 0 saturated carbocycles. The Morgan fingerprint density at radius 1 is 1.06 bits per heavy atom. The lowest BCUT2D eigenvalue weighted by molar-refractivity contribution is -0.118. The summed E-state index contributed by atoms with van der Waals surface area (Å²) in [5, 5.41) is 2.96. The van der Waals surface area contributed by atoms with Crippen LogP contribution in [0.25, 0.3) is 0 Å². The Bertz CT molecular complexity index is 844. The fourth-order valence-electron chi connectivity index (χ4n) is 3.82. The van der Waals surface area contributed by atoms with Gasteiger partial charge in [0.25, 0.3) is 5.91 Å². The summed E-state index contributed by atoms with van der Waals surface area (Å²) < 4.78 is 6.17. The molecule has 0 radical (unpaired) electrons. The lowest BCUT2D eigenvalue weighted by Crippen LogP contribution is -2.36. The van der Waals surface area contributed by atoms with E-state index in [0.717, 1.165) is 55.9 Å². The van der Waals surface area contributed by atoms with E-state index < -0.39 is 0 Å². The van der Waals surface area contributed by atoms with Crippen LogP contribution < -0.4 is 5.32 Å². The maximum Gasteiger partial charge on any atom is 0.255 e. The van der Waals surface area contributed by atoms with Crippen molar-refractivity contribution in [3.05, 3.63) is 65.5 Å². The van der Waals surface area contributed by atoms with Crippen molar-refractivity contribution in [3.8, 4) is 0 Å². The SMILES string of the molecule is CCC(=O)CCc1ccc(NC(=O)C2=CCC=C(OC3CCN(CC)CC3)C=C2)cc1. The molecule has 1 N–H and O–H groups in total. The number of aryl methyl sites for hydroxylation is 1. The number of ketones is 1. The quantitative estimate of drug-likeness (QED) is 0.621. The van der Waals surface area contributed by atoms with E-state index in [1.54, 1.807) is 0 Å². The second-order valence-electron chi connectivity index (χ2n) is 8.13. The van der Waals surface area contributed by atoms with E-state index in [4.69, 9.17) is 4.74 Å². The van der Waals surface area contributed by atoms with Crippen molar-refractivity contribution in [1.82, 2.24) is 4.90 Å². The van der Waals surface area contributed by atoms with Gasteiger partial charge in [0.2, 0.25) is 0 Å². The average molecular weight is 423 g/mol. The number of hydrogen-bond donors (Lipinski definition) is 1. The minimum Gasteiger partial charge on any atom is -0.491 e. The van der Waals surface area contributed by atoms with Gasteiger partial charge < -0.3 is 15.0 Å². The van der Waals surface area contributed by atoms with Crippen LogP contribution in [0.3, 0.4) is 0 Å². The lowest BCUT2D eigenvalue weighted by Gasteiger charge is -2.31. The van der Waals surface area contributed by atoms with Crippen molar-refractivity contribution in [1.29, 1.82) is 0 Å². The molecule has 2 aliphatic rings. The molecule has 31 heavy (non-hydrogen) atoms. The third kappa shape index (κ3) is 7.21. The van der Waals surface area contributed by atoms with Gasteiger partial charge in [-0.1, -0.05) is 32.1 Å². The number of nitrogens with zero attached hydrogens (tertiary/aromatic N) is 1. The standard InChI is InChI=1S/C26H34N2O3/c1-3-23(29)14-10-20-8-12-22(13-9-20)27-26(30)21-6-5-7-24(15-11-21)31-25-16-18-28(4-2)19-17-25/h6-9,11-13,15,25H,3-5,10,14,16-19H2,1-2H3,(H,27,30). The summed E-state index contributed by atoms with van der Waals surface area (Å²) in [6.07, 6.45) is 12.6. The molecule has 1 saturated heterocycles. The first-order chi connectivity index (χ1) is 15.1. The van der Waals surface area contributed by atoms with Gasteiger partial charge in [-0.3, -0.25) is 9.59 Å². The molecular weight excluding hydrogens is 388 g/mol. The van der Waals surface area contributed by atoms with Crippen LogP contribution in [0.1, 0.15) is 51.5 Å². The fourth-order valence-corrected chi connectivity index (χ4v) is 3.82. The van der Waals surface area contributed by atoms with Crippen molar-refractivity contribution >= 4 is 17.4 Å². The zero-order chi connectivity index (χ0) is 22.1. The summed E-state index contributed by atoms with van der Waals surface area (Å²) in [7, 11) is 0.